The van der Waals surface area contributed by atoms with Crippen LogP contribution >= 0.6 is 0 Å². The van der Waals surface area contributed by atoms with E-state index in [9.17, 15) is 15.0 Å². The lowest BCUT2D eigenvalue weighted by molar-refractivity contribution is -0.159. The van der Waals surface area contributed by atoms with Gasteiger partial charge in [0.15, 0.2) is 6.10 Å². The Bertz CT molecular complexity index is 591. The molecule has 2 aromatic carbocycles. The van der Waals surface area contributed by atoms with Crippen molar-refractivity contribution in [2.75, 3.05) is 13.2 Å². The SMILES string of the molecule is CCOC(=O)C(O)C(O)CN(Cc1ccccc1)Cc1ccccc1. The van der Waals surface area contributed by atoms with Gasteiger partial charge in [0, 0.05) is 19.6 Å². The minimum Gasteiger partial charge on any atom is -0.464 e. The van der Waals surface area contributed by atoms with E-state index in [0.29, 0.717) is 13.1 Å². The first kappa shape index (κ1) is 19.1. The first-order valence-electron chi connectivity index (χ1n) is 8.43. The standard InChI is InChI=1S/C20H25NO4/c1-2-25-20(24)19(23)18(22)15-21(13-16-9-5-3-6-10-16)14-17-11-7-4-8-12-17/h3-12,18-19,22-23H,2,13-15H2,1H3. The molecule has 0 spiro atoms. The van der Waals surface area contributed by atoms with Crippen LogP contribution < -0.4 is 0 Å². The van der Waals surface area contributed by atoms with E-state index in [1.165, 1.54) is 0 Å². The summed E-state index contributed by atoms with van der Waals surface area (Å²) in [6.07, 6.45) is -2.76. The molecule has 2 N–H and O–H groups in total. The number of aliphatic hydroxyl groups excluding tert-OH is 2. The van der Waals surface area contributed by atoms with Gasteiger partial charge in [0.1, 0.15) is 6.10 Å². The number of ether oxygens (including phenoxy) is 1. The molecule has 2 aromatic rings. The maximum Gasteiger partial charge on any atom is 0.337 e. The highest BCUT2D eigenvalue weighted by Gasteiger charge is 2.27. The molecule has 134 valence electrons. The van der Waals surface area contributed by atoms with Crippen molar-refractivity contribution in [2.24, 2.45) is 0 Å². The molecule has 0 radical (unpaired) electrons. The maximum absolute atomic E-state index is 11.6. The fourth-order valence-electron chi connectivity index (χ4n) is 2.62. The van der Waals surface area contributed by atoms with Crippen molar-refractivity contribution < 1.29 is 19.7 Å². The van der Waals surface area contributed by atoms with Gasteiger partial charge >= 0.3 is 5.97 Å². The van der Waals surface area contributed by atoms with Crippen molar-refractivity contribution >= 4 is 5.97 Å². The lowest BCUT2D eigenvalue weighted by Gasteiger charge is -2.27. The van der Waals surface area contributed by atoms with E-state index in [4.69, 9.17) is 4.74 Å². The average molecular weight is 343 g/mol. The van der Waals surface area contributed by atoms with Crippen molar-refractivity contribution in [3.8, 4) is 0 Å². The number of benzene rings is 2. The highest BCUT2D eigenvalue weighted by molar-refractivity contribution is 5.75. The molecule has 25 heavy (non-hydrogen) atoms. The second-order valence-electron chi connectivity index (χ2n) is 5.91. The van der Waals surface area contributed by atoms with Crippen molar-refractivity contribution in [1.29, 1.82) is 0 Å². The van der Waals surface area contributed by atoms with Crippen LogP contribution in [0, 0.1) is 0 Å². The quantitative estimate of drug-likeness (QED) is 0.681. The van der Waals surface area contributed by atoms with Gasteiger partial charge in [0.25, 0.3) is 0 Å². The number of rotatable bonds is 9. The van der Waals surface area contributed by atoms with Crippen molar-refractivity contribution in [2.45, 2.75) is 32.2 Å². The van der Waals surface area contributed by atoms with Gasteiger partial charge in [-0.3, -0.25) is 4.90 Å². The Labute approximate surface area is 148 Å². The van der Waals surface area contributed by atoms with E-state index in [1.54, 1.807) is 6.92 Å². The minimum atomic E-state index is -1.55. The molecule has 0 aliphatic carbocycles. The average Bonchev–Trinajstić information content (AvgIpc) is 2.63. The summed E-state index contributed by atoms with van der Waals surface area (Å²) in [6.45, 7) is 3.18. The summed E-state index contributed by atoms with van der Waals surface area (Å²) in [6, 6.07) is 19.8. The van der Waals surface area contributed by atoms with Gasteiger partial charge in [0.2, 0.25) is 0 Å². The molecule has 2 rings (SSSR count). The smallest absolute Gasteiger partial charge is 0.337 e. The van der Waals surface area contributed by atoms with Gasteiger partial charge < -0.3 is 14.9 Å². The number of nitrogens with zero attached hydrogens (tertiary/aromatic N) is 1. The summed E-state index contributed by atoms with van der Waals surface area (Å²) in [7, 11) is 0. The molecule has 0 aliphatic heterocycles. The van der Waals surface area contributed by atoms with Gasteiger partial charge in [-0.2, -0.15) is 0 Å². The van der Waals surface area contributed by atoms with E-state index in [-0.39, 0.29) is 13.2 Å². The molecule has 2 unspecified atom stereocenters. The predicted molar refractivity (Wildman–Crippen MR) is 95.6 cm³/mol. The van der Waals surface area contributed by atoms with Crippen LogP contribution in [0.4, 0.5) is 0 Å². The molecule has 0 aromatic heterocycles. The van der Waals surface area contributed by atoms with Gasteiger partial charge in [-0.1, -0.05) is 60.7 Å². The fraction of sp³-hybridized carbons (Fsp3) is 0.350. The number of carbonyl (C=O) groups is 1. The monoisotopic (exact) mass is 343 g/mol. The highest BCUT2D eigenvalue weighted by Crippen LogP contribution is 2.12. The Kier molecular flexibility index (Phi) is 7.60. The Balaban J connectivity index is 2.06. The second-order valence-corrected chi connectivity index (χ2v) is 5.91. The van der Waals surface area contributed by atoms with E-state index in [2.05, 4.69) is 0 Å². The van der Waals surface area contributed by atoms with Crippen LogP contribution in [0.1, 0.15) is 18.1 Å². The van der Waals surface area contributed by atoms with Crippen LogP contribution in [0.15, 0.2) is 60.7 Å². The van der Waals surface area contributed by atoms with Gasteiger partial charge in [-0.05, 0) is 18.1 Å². The Morgan fingerprint density at radius 2 is 1.44 bits per heavy atom. The van der Waals surface area contributed by atoms with Crippen LogP contribution in [0.5, 0.6) is 0 Å². The summed E-state index contributed by atoms with van der Waals surface area (Å²) < 4.78 is 4.78. The molecule has 0 heterocycles. The molecule has 0 bridgehead atoms. The predicted octanol–water partition coefficient (Wildman–Crippen LogP) is 1.97. The number of hydrogen-bond donors (Lipinski definition) is 2. The number of aliphatic hydroxyl groups is 2. The fourth-order valence-corrected chi connectivity index (χ4v) is 2.62. The highest BCUT2D eigenvalue weighted by atomic mass is 16.5. The molecule has 5 heteroatoms. The molecule has 0 amide bonds. The first-order chi connectivity index (χ1) is 12.1. The number of esters is 1. The van der Waals surface area contributed by atoms with Crippen molar-refractivity contribution in [3.63, 3.8) is 0 Å². The van der Waals surface area contributed by atoms with Crippen LogP contribution in [-0.4, -0.2) is 46.4 Å². The number of hydrogen-bond acceptors (Lipinski definition) is 5. The molecule has 5 nitrogen and oxygen atoms in total. The third-order valence-electron chi connectivity index (χ3n) is 3.84. The van der Waals surface area contributed by atoms with E-state index in [1.807, 2.05) is 65.6 Å². The molecule has 0 saturated heterocycles. The van der Waals surface area contributed by atoms with E-state index in [0.717, 1.165) is 11.1 Å². The molecule has 2 atom stereocenters. The number of carbonyl (C=O) groups excluding carboxylic acids is 1. The minimum absolute atomic E-state index is 0.157. The first-order valence-corrected chi connectivity index (χ1v) is 8.43. The van der Waals surface area contributed by atoms with Gasteiger partial charge in [-0.15, -0.1) is 0 Å². The zero-order valence-electron chi connectivity index (χ0n) is 14.4. The summed E-state index contributed by atoms with van der Waals surface area (Å²) in [4.78, 5) is 13.6. The largest absolute Gasteiger partial charge is 0.464 e. The molecular formula is C20H25NO4. The normalized spacial score (nSPS) is 13.4. The topological polar surface area (TPSA) is 70.0 Å². The lowest BCUT2D eigenvalue weighted by Crippen LogP contribution is -2.43. The van der Waals surface area contributed by atoms with Gasteiger partial charge in [-0.25, -0.2) is 4.79 Å². The molecular weight excluding hydrogens is 318 g/mol. The molecule has 0 aliphatic rings. The third-order valence-corrected chi connectivity index (χ3v) is 3.84. The van der Waals surface area contributed by atoms with Crippen LogP contribution in [0.3, 0.4) is 0 Å². The zero-order chi connectivity index (χ0) is 18.1. The Hall–Kier alpha value is -2.21. The lowest BCUT2D eigenvalue weighted by atomic mass is 10.1. The van der Waals surface area contributed by atoms with Crippen molar-refractivity contribution in [3.05, 3.63) is 71.8 Å². The summed E-state index contributed by atoms with van der Waals surface area (Å²) in [5.74, 6) is -0.797. The van der Waals surface area contributed by atoms with Crippen molar-refractivity contribution in [1.82, 2.24) is 4.90 Å². The van der Waals surface area contributed by atoms with E-state index >= 15 is 0 Å². The van der Waals surface area contributed by atoms with Crippen LogP contribution in [-0.2, 0) is 22.6 Å². The molecule has 0 fully saturated rings. The Morgan fingerprint density at radius 1 is 0.960 bits per heavy atom. The zero-order valence-corrected chi connectivity index (χ0v) is 14.4. The third kappa shape index (κ3) is 6.31. The van der Waals surface area contributed by atoms with Crippen LogP contribution in [0.2, 0.25) is 0 Å². The Morgan fingerprint density at radius 3 is 1.88 bits per heavy atom. The van der Waals surface area contributed by atoms with E-state index < -0.39 is 18.2 Å². The summed E-state index contributed by atoms with van der Waals surface area (Å²) in [5, 5.41) is 20.2. The second kappa shape index (κ2) is 9.93. The van der Waals surface area contributed by atoms with Crippen LogP contribution in [0.25, 0.3) is 0 Å². The van der Waals surface area contributed by atoms with Gasteiger partial charge in [0.05, 0.1) is 6.61 Å². The summed E-state index contributed by atoms with van der Waals surface area (Å²) >= 11 is 0. The molecule has 0 saturated carbocycles. The maximum atomic E-state index is 11.6. The summed E-state index contributed by atoms with van der Waals surface area (Å²) in [5.41, 5.74) is 2.19.